The molecule has 0 aromatic heterocycles. The largest absolute Gasteiger partial charge is 0.352 e. The topological polar surface area (TPSA) is 104 Å². The van der Waals surface area contributed by atoms with Gasteiger partial charge in [-0.15, -0.1) is 6.42 Å². The molecule has 0 atom stereocenters. The highest BCUT2D eigenvalue weighted by molar-refractivity contribution is 7.92. The first-order valence-corrected chi connectivity index (χ1v) is 10.1. The number of hydrogen-bond acceptors (Lipinski definition) is 4. The van der Waals surface area contributed by atoms with Crippen molar-refractivity contribution in [1.29, 1.82) is 0 Å². The van der Waals surface area contributed by atoms with Crippen LogP contribution in [0.15, 0.2) is 47.4 Å². The number of rotatable bonds is 8. The maximum atomic E-state index is 13.7. The summed E-state index contributed by atoms with van der Waals surface area (Å²) in [4.78, 5) is 23.4. The van der Waals surface area contributed by atoms with Gasteiger partial charge in [-0.3, -0.25) is 14.3 Å². The van der Waals surface area contributed by atoms with E-state index >= 15 is 0 Å². The Labute approximate surface area is 168 Å². The van der Waals surface area contributed by atoms with E-state index in [0.29, 0.717) is 5.56 Å². The summed E-state index contributed by atoms with van der Waals surface area (Å²) < 4.78 is 40.9. The molecule has 0 aliphatic carbocycles. The van der Waals surface area contributed by atoms with Gasteiger partial charge in [0, 0.05) is 24.2 Å². The van der Waals surface area contributed by atoms with E-state index in [9.17, 15) is 22.4 Å². The van der Waals surface area contributed by atoms with E-state index in [4.69, 9.17) is 6.42 Å². The number of halogens is 1. The summed E-state index contributed by atoms with van der Waals surface area (Å²) in [6, 6.07) is 9.40. The first kappa shape index (κ1) is 21.9. The number of carbonyl (C=O) groups excluding carboxylic acids is 2. The number of hydrogen-bond donors (Lipinski definition) is 3. The predicted molar refractivity (Wildman–Crippen MR) is 107 cm³/mol. The van der Waals surface area contributed by atoms with Crippen molar-refractivity contribution in [2.24, 2.45) is 0 Å². The minimum absolute atomic E-state index is 0.0543. The second kappa shape index (κ2) is 9.71. The van der Waals surface area contributed by atoms with Gasteiger partial charge in [-0.2, -0.15) is 0 Å². The molecule has 0 radical (unpaired) electrons. The zero-order valence-corrected chi connectivity index (χ0v) is 16.5. The van der Waals surface area contributed by atoms with Crippen LogP contribution in [0.1, 0.15) is 22.3 Å². The molecule has 0 heterocycles. The van der Waals surface area contributed by atoms with Crippen LogP contribution in [0.3, 0.4) is 0 Å². The van der Waals surface area contributed by atoms with Crippen LogP contribution < -0.4 is 15.4 Å². The lowest BCUT2D eigenvalue weighted by molar-refractivity contribution is -0.120. The Kier molecular flexibility index (Phi) is 7.33. The highest BCUT2D eigenvalue weighted by Crippen LogP contribution is 2.19. The highest BCUT2D eigenvalue weighted by Gasteiger charge is 2.16. The summed E-state index contributed by atoms with van der Waals surface area (Å²) in [7, 11) is -4.02. The molecule has 0 fully saturated rings. The van der Waals surface area contributed by atoms with Gasteiger partial charge >= 0.3 is 0 Å². The fourth-order valence-corrected chi connectivity index (χ4v) is 3.37. The number of aryl methyl sites for hydroxylation is 1. The van der Waals surface area contributed by atoms with Gasteiger partial charge in [-0.25, -0.2) is 12.8 Å². The van der Waals surface area contributed by atoms with Crippen molar-refractivity contribution in [3.8, 4) is 12.3 Å². The van der Waals surface area contributed by atoms with E-state index in [0.717, 1.165) is 6.07 Å². The van der Waals surface area contributed by atoms with Gasteiger partial charge in [0.25, 0.3) is 15.9 Å². The number of terminal acetylenes is 1. The van der Waals surface area contributed by atoms with E-state index in [1.165, 1.54) is 43.3 Å². The molecule has 0 bridgehead atoms. The van der Waals surface area contributed by atoms with Gasteiger partial charge in [-0.05, 0) is 42.8 Å². The molecule has 3 N–H and O–H groups in total. The Balaban J connectivity index is 2.03. The first-order valence-electron chi connectivity index (χ1n) is 8.60. The normalized spacial score (nSPS) is 10.7. The Morgan fingerprint density at radius 1 is 1.14 bits per heavy atom. The molecule has 152 valence electrons. The average Bonchev–Trinajstić information content (AvgIpc) is 2.68. The lowest BCUT2D eigenvalue weighted by Crippen LogP contribution is -2.30. The summed E-state index contributed by atoms with van der Waals surface area (Å²) in [5.74, 6) is 0.867. The average molecular weight is 417 g/mol. The second-order valence-corrected chi connectivity index (χ2v) is 7.77. The summed E-state index contributed by atoms with van der Waals surface area (Å²) in [5.41, 5.74) is 0.672. The molecule has 0 saturated carbocycles. The van der Waals surface area contributed by atoms with Crippen LogP contribution in [0.2, 0.25) is 0 Å². The Morgan fingerprint density at radius 2 is 1.90 bits per heavy atom. The minimum atomic E-state index is -4.02. The van der Waals surface area contributed by atoms with E-state index in [1.54, 1.807) is 0 Å². The zero-order chi connectivity index (χ0) is 21.4. The van der Waals surface area contributed by atoms with Crippen molar-refractivity contribution in [3.05, 3.63) is 59.4 Å². The van der Waals surface area contributed by atoms with Gasteiger partial charge < -0.3 is 10.6 Å². The number of benzene rings is 2. The Hall–Kier alpha value is -3.38. The molecular weight excluding hydrogens is 397 g/mol. The quantitative estimate of drug-likeness (QED) is 0.570. The lowest BCUT2D eigenvalue weighted by Gasteiger charge is -2.10. The van der Waals surface area contributed by atoms with E-state index in [1.807, 2.05) is 0 Å². The molecule has 2 amide bonds. The van der Waals surface area contributed by atoms with E-state index in [-0.39, 0.29) is 41.6 Å². The van der Waals surface area contributed by atoms with Crippen LogP contribution in [-0.2, 0) is 14.8 Å². The number of carbonyl (C=O) groups is 2. The molecular formula is C20H20FN3O4S. The third-order valence-electron chi connectivity index (χ3n) is 3.86. The SMILES string of the molecule is C#CCNC(=O)CCNC(=O)c1cccc(NS(=O)(=O)c2ccc(C)c(F)c2)c1. The number of amides is 2. The first-order chi connectivity index (χ1) is 13.7. The molecule has 2 aromatic rings. The standard InChI is InChI=1S/C20H20FN3O4S/c1-3-10-22-19(25)9-11-23-20(26)15-5-4-6-16(12-15)24-29(27,28)17-8-7-14(2)18(21)13-17/h1,4-8,12-13,24H,9-11H2,2H3,(H,22,25)(H,23,26). The van der Waals surface area contributed by atoms with Gasteiger partial charge in [0.15, 0.2) is 0 Å². The molecule has 0 saturated heterocycles. The number of sulfonamides is 1. The third kappa shape index (κ3) is 6.33. The van der Waals surface area contributed by atoms with Crippen molar-refractivity contribution in [2.45, 2.75) is 18.2 Å². The van der Waals surface area contributed by atoms with Gasteiger partial charge in [0.05, 0.1) is 11.4 Å². The van der Waals surface area contributed by atoms with Crippen molar-refractivity contribution >= 4 is 27.5 Å². The van der Waals surface area contributed by atoms with Crippen molar-refractivity contribution in [1.82, 2.24) is 10.6 Å². The molecule has 9 heteroatoms. The van der Waals surface area contributed by atoms with Gasteiger partial charge in [0.1, 0.15) is 5.82 Å². The van der Waals surface area contributed by atoms with Crippen molar-refractivity contribution in [3.63, 3.8) is 0 Å². The molecule has 0 aliphatic heterocycles. The Morgan fingerprint density at radius 3 is 2.59 bits per heavy atom. The summed E-state index contributed by atoms with van der Waals surface area (Å²) in [6.45, 7) is 1.73. The molecule has 0 unspecified atom stereocenters. The van der Waals surface area contributed by atoms with Crippen LogP contribution in [0.25, 0.3) is 0 Å². The molecule has 2 rings (SSSR count). The molecule has 0 spiro atoms. The van der Waals surface area contributed by atoms with Crippen molar-refractivity contribution in [2.75, 3.05) is 17.8 Å². The van der Waals surface area contributed by atoms with Crippen LogP contribution >= 0.6 is 0 Å². The fraction of sp³-hybridized carbons (Fsp3) is 0.200. The summed E-state index contributed by atoms with van der Waals surface area (Å²) in [6.07, 6.45) is 5.09. The van der Waals surface area contributed by atoms with E-state index < -0.39 is 21.7 Å². The summed E-state index contributed by atoms with van der Waals surface area (Å²) in [5, 5.41) is 5.04. The van der Waals surface area contributed by atoms with Crippen LogP contribution in [-0.4, -0.2) is 33.3 Å². The summed E-state index contributed by atoms with van der Waals surface area (Å²) >= 11 is 0. The predicted octanol–water partition coefficient (Wildman–Crippen LogP) is 1.80. The van der Waals surface area contributed by atoms with Crippen LogP contribution in [0.5, 0.6) is 0 Å². The number of nitrogens with one attached hydrogen (secondary N) is 3. The monoisotopic (exact) mass is 417 g/mol. The van der Waals surface area contributed by atoms with E-state index in [2.05, 4.69) is 21.3 Å². The molecule has 2 aromatic carbocycles. The molecule has 7 nitrogen and oxygen atoms in total. The maximum Gasteiger partial charge on any atom is 0.261 e. The molecule has 0 aliphatic rings. The number of anilines is 1. The maximum absolute atomic E-state index is 13.7. The fourth-order valence-electron chi connectivity index (χ4n) is 2.31. The Bertz CT molecular complexity index is 1060. The smallest absolute Gasteiger partial charge is 0.261 e. The zero-order valence-electron chi connectivity index (χ0n) is 15.7. The molecule has 29 heavy (non-hydrogen) atoms. The second-order valence-electron chi connectivity index (χ2n) is 6.08. The van der Waals surface area contributed by atoms with Gasteiger partial charge in [0.2, 0.25) is 5.91 Å². The third-order valence-corrected chi connectivity index (χ3v) is 5.23. The highest BCUT2D eigenvalue weighted by atomic mass is 32.2. The van der Waals surface area contributed by atoms with Crippen LogP contribution in [0.4, 0.5) is 10.1 Å². The van der Waals surface area contributed by atoms with Crippen molar-refractivity contribution < 1.29 is 22.4 Å². The lowest BCUT2D eigenvalue weighted by atomic mass is 10.2. The van der Waals surface area contributed by atoms with Gasteiger partial charge in [-0.1, -0.05) is 18.1 Å². The van der Waals surface area contributed by atoms with Crippen LogP contribution in [0, 0.1) is 25.1 Å². The minimum Gasteiger partial charge on any atom is -0.352 e.